The fourth-order valence-electron chi connectivity index (χ4n) is 9.72. The number of rotatable bonds is 53. The van der Waals surface area contributed by atoms with Gasteiger partial charge in [0.25, 0.3) is 0 Å². The maximum atomic E-state index is 14.0. The molecule has 0 aromatic heterocycles. The van der Waals surface area contributed by atoms with Gasteiger partial charge in [-0.05, 0) is 37.5 Å². The van der Waals surface area contributed by atoms with E-state index in [4.69, 9.17) is 9.47 Å². The molecule has 0 rings (SSSR count). The van der Waals surface area contributed by atoms with Crippen molar-refractivity contribution in [1.82, 2.24) is 0 Å². The number of carbonyl (C=O) groups excluding carboxylic acids is 2. The fourth-order valence-corrected chi connectivity index (χ4v) is 9.72. The van der Waals surface area contributed by atoms with E-state index in [9.17, 15) is 9.59 Å². The zero-order chi connectivity index (χ0) is 46.8. The lowest BCUT2D eigenvalue weighted by molar-refractivity contribution is -0.161. The number of hydrogen-bond donors (Lipinski definition) is 0. The minimum atomic E-state index is -0.376. The summed E-state index contributed by atoms with van der Waals surface area (Å²) < 4.78 is 12.1. The highest BCUT2D eigenvalue weighted by atomic mass is 16.5. The molecule has 0 radical (unpaired) electrons. The van der Waals surface area contributed by atoms with Crippen LogP contribution < -0.4 is 0 Å². The van der Waals surface area contributed by atoms with E-state index in [1.165, 1.54) is 231 Å². The minimum absolute atomic E-state index is 0.130. The Balaban J connectivity index is 5.18. The first-order valence-corrected chi connectivity index (χ1v) is 29.7. The third-order valence-electron chi connectivity index (χ3n) is 14.2. The van der Waals surface area contributed by atoms with E-state index < -0.39 is 0 Å². The van der Waals surface area contributed by atoms with Crippen molar-refractivity contribution in [2.75, 3.05) is 13.2 Å². The molecule has 0 saturated carbocycles. The molecule has 0 aliphatic rings. The molecule has 0 aromatic rings. The second-order valence-electron chi connectivity index (χ2n) is 21.6. The quantitative estimate of drug-likeness (QED) is 0.0451. The van der Waals surface area contributed by atoms with Gasteiger partial charge in [-0.2, -0.15) is 0 Å². The molecule has 0 bridgehead atoms. The molecule has 0 saturated heterocycles. The maximum Gasteiger partial charge on any atom is 0.309 e. The molecule has 0 heterocycles. The lowest BCUT2D eigenvalue weighted by Crippen LogP contribution is -2.33. The molecule has 4 nitrogen and oxygen atoms in total. The first-order chi connectivity index (χ1) is 31.3. The molecule has 0 aromatic carbocycles. The van der Waals surface area contributed by atoms with Crippen LogP contribution in [0.1, 0.15) is 337 Å². The van der Waals surface area contributed by atoms with Crippen molar-refractivity contribution in [2.24, 2.45) is 23.7 Å². The van der Waals surface area contributed by atoms with Crippen LogP contribution in [0.4, 0.5) is 0 Å². The first-order valence-electron chi connectivity index (χ1n) is 29.7. The molecule has 2 unspecified atom stereocenters. The van der Waals surface area contributed by atoms with Crippen molar-refractivity contribution in [3.8, 4) is 0 Å². The largest absolute Gasteiger partial charge is 0.465 e. The van der Waals surface area contributed by atoms with Gasteiger partial charge in [0.2, 0.25) is 0 Å². The number of carbonyl (C=O) groups is 2. The number of ether oxygens (including phenoxy) is 2. The molecule has 382 valence electrons. The van der Waals surface area contributed by atoms with Crippen LogP contribution in [0.15, 0.2) is 0 Å². The van der Waals surface area contributed by atoms with Crippen molar-refractivity contribution < 1.29 is 19.1 Å². The van der Waals surface area contributed by atoms with E-state index in [2.05, 4.69) is 41.5 Å². The van der Waals surface area contributed by atoms with Gasteiger partial charge in [-0.25, -0.2) is 0 Å². The van der Waals surface area contributed by atoms with Crippen LogP contribution in [0.25, 0.3) is 0 Å². The summed E-state index contributed by atoms with van der Waals surface area (Å²) in [6.45, 7) is 14.8. The predicted molar refractivity (Wildman–Crippen MR) is 282 cm³/mol. The molecule has 2 atom stereocenters. The molecule has 4 heteroatoms. The Bertz CT molecular complexity index is 929. The highest BCUT2D eigenvalue weighted by Gasteiger charge is 2.35. The van der Waals surface area contributed by atoms with Crippen molar-refractivity contribution in [2.45, 2.75) is 337 Å². The third kappa shape index (κ3) is 46.1. The highest BCUT2D eigenvalue weighted by molar-refractivity contribution is 5.82. The maximum absolute atomic E-state index is 14.0. The lowest BCUT2D eigenvalue weighted by atomic mass is 9.83. The van der Waals surface area contributed by atoms with Crippen molar-refractivity contribution in [1.29, 1.82) is 0 Å². The summed E-state index contributed by atoms with van der Waals surface area (Å²) in [5.41, 5.74) is 0. The van der Waals surface area contributed by atoms with Gasteiger partial charge in [0.1, 0.15) is 0 Å². The van der Waals surface area contributed by atoms with Gasteiger partial charge < -0.3 is 9.47 Å². The van der Waals surface area contributed by atoms with Crippen LogP contribution in [0, 0.1) is 23.7 Å². The average molecular weight is 904 g/mol. The van der Waals surface area contributed by atoms with E-state index in [1.807, 2.05) is 0 Å². The van der Waals surface area contributed by atoms with E-state index in [0.29, 0.717) is 13.2 Å². The lowest BCUT2D eigenvalue weighted by Gasteiger charge is -2.25. The van der Waals surface area contributed by atoms with Gasteiger partial charge in [-0.1, -0.05) is 311 Å². The Labute approximate surface area is 403 Å². The van der Waals surface area contributed by atoms with E-state index >= 15 is 0 Å². The van der Waals surface area contributed by atoms with Gasteiger partial charge in [0, 0.05) is 0 Å². The van der Waals surface area contributed by atoms with E-state index in [-0.39, 0.29) is 23.8 Å². The molecule has 0 fully saturated rings. The topological polar surface area (TPSA) is 52.6 Å². The smallest absolute Gasteiger partial charge is 0.309 e. The van der Waals surface area contributed by atoms with E-state index in [0.717, 1.165) is 76.0 Å². The Morgan fingerprint density at radius 3 is 0.672 bits per heavy atom. The average Bonchev–Trinajstić information content (AvgIpc) is 3.27. The highest BCUT2D eigenvalue weighted by Crippen LogP contribution is 2.29. The predicted octanol–water partition coefficient (Wildman–Crippen LogP) is 20.6. The zero-order valence-electron chi connectivity index (χ0n) is 44.9. The monoisotopic (exact) mass is 903 g/mol. The minimum Gasteiger partial charge on any atom is -0.465 e. The molecule has 0 N–H and O–H groups in total. The Morgan fingerprint density at radius 2 is 0.453 bits per heavy atom. The first kappa shape index (κ1) is 62.9. The van der Waals surface area contributed by atoms with E-state index in [1.54, 1.807) is 0 Å². The van der Waals surface area contributed by atoms with Crippen molar-refractivity contribution in [3.63, 3.8) is 0 Å². The van der Waals surface area contributed by atoms with Gasteiger partial charge in [-0.15, -0.1) is 0 Å². The van der Waals surface area contributed by atoms with Crippen LogP contribution in [0.2, 0.25) is 0 Å². The van der Waals surface area contributed by atoms with Gasteiger partial charge in [-0.3, -0.25) is 9.59 Å². The molecule has 64 heavy (non-hydrogen) atoms. The number of esters is 2. The summed E-state index contributed by atoms with van der Waals surface area (Å²) in [5.74, 6) is 0.618. The molecule has 0 aliphatic carbocycles. The SMILES string of the molecule is CCCCCCCCCCCCCCCCC(C(=O)OCCCCCCCCCCC(C)C)C(CCCCCCCCCCCCCC)C(=O)OCCCCCCCCCCC(C)C. The second-order valence-corrected chi connectivity index (χ2v) is 21.6. The van der Waals surface area contributed by atoms with Crippen molar-refractivity contribution in [3.05, 3.63) is 0 Å². The van der Waals surface area contributed by atoms with Gasteiger partial charge in [0.05, 0.1) is 25.0 Å². The summed E-state index contributed by atoms with van der Waals surface area (Å²) in [6, 6.07) is 0. The summed E-state index contributed by atoms with van der Waals surface area (Å²) in [7, 11) is 0. The normalized spacial score (nSPS) is 12.7. The molecule has 0 spiro atoms. The summed E-state index contributed by atoms with van der Waals surface area (Å²) in [5, 5.41) is 0. The number of hydrogen-bond acceptors (Lipinski definition) is 4. The van der Waals surface area contributed by atoms with Crippen LogP contribution in [-0.2, 0) is 19.1 Å². The Kier molecular flexibility index (Phi) is 50.5. The second kappa shape index (κ2) is 51.3. The molecule has 0 amide bonds. The van der Waals surface area contributed by atoms with Crippen LogP contribution in [-0.4, -0.2) is 25.2 Å². The summed E-state index contributed by atoms with van der Waals surface area (Å²) in [6.07, 6.45) is 58.1. The Morgan fingerprint density at radius 1 is 0.266 bits per heavy atom. The molecular weight excluding hydrogens is 785 g/mol. The zero-order valence-corrected chi connectivity index (χ0v) is 44.9. The Hall–Kier alpha value is -1.06. The number of unbranched alkanes of at least 4 members (excludes halogenated alkanes) is 38. The van der Waals surface area contributed by atoms with Crippen LogP contribution in [0.3, 0.4) is 0 Å². The summed E-state index contributed by atoms with van der Waals surface area (Å²) in [4.78, 5) is 28.0. The van der Waals surface area contributed by atoms with Crippen molar-refractivity contribution >= 4 is 11.9 Å². The van der Waals surface area contributed by atoms with Crippen LogP contribution >= 0.6 is 0 Å². The molecular formula is C60H118O4. The van der Waals surface area contributed by atoms with Gasteiger partial charge in [0.15, 0.2) is 0 Å². The van der Waals surface area contributed by atoms with Crippen LogP contribution in [0.5, 0.6) is 0 Å². The standard InChI is InChI=1S/C60H118O4/c1-7-9-11-13-15-17-19-21-22-24-26-34-40-46-52-58(60(62)64-54-48-42-36-30-28-32-38-44-50-56(5)6)57(51-45-39-33-25-23-20-18-16-14-12-10-8-2)59(61)63-53-47-41-35-29-27-31-37-43-49-55(3)4/h55-58H,7-54H2,1-6H3. The molecule has 0 aliphatic heterocycles. The third-order valence-corrected chi connectivity index (χ3v) is 14.2. The fraction of sp³-hybridized carbons (Fsp3) is 0.967. The summed E-state index contributed by atoms with van der Waals surface area (Å²) >= 11 is 0. The van der Waals surface area contributed by atoms with Gasteiger partial charge >= 0.3 is 11.9 Å².